The number of ether oxygens (including phenoxy) is 3. The van der Waals surface area contributed by atoms with Gasteiger partial charge in [-0.3, -0.25) is 44.8 Å². The van der Waals surface area contributed by atoms with E-state index in [1.54, 1.807) is 6.34 Å². The second-order valence-electron chi connectivity index (χ2n) is 19.0. The summed E-state index contributed by atoms with van der Waals surface area (Å²) in [7, 11) is -2.55. The van der Waals surface area contributed by atoms with Crippen molar-refractivity contribution in [2.75, 3.05) is 122 Å². The molecule has 7 saturated heterocycles. The number of esters is 1. The van der Waals surface area contributed by atoms with Gasteiger partial charge in [0.15, 0.2) is 6.40 Å². The molecular formula is C54H101N9O10S2. The third-order valence-corrected chi connectivity index (χ3v) is 14.3. The van der Waals surface area contributed by atoms with E-state index in [9.17, 15) is 32.4 Å². The zero-order valence-corrected chi connectivity index (χ0v) is 47.6. The van der Waals surface area contributed by atoms with Crippen LogP contribution >= 0.6 is 11.8 Å². The maximum absolute atomic E-state index is 10.4. The van der Waals surface area contributed by atoms with Crippen molar-refractivity contribution in [1.82, 2.24) is 37.4 Å². The molecule has 0 bridgehead atoms. The lowest BCUT2D eigenvalue weighted by atomic mass is 10.4. The summed E-state index contributed by atoms with van der Waals surface area (Å²) >= 11 is 1.96. The molecule has 0 atom stereocenters. The van der Waals surface area contributed by atoms with Crippen LogP contribution in [0.15, 0.2) is 22.1 Å². The molecule has 10 heterocycles. The maximum Gasteiger partial charge on any atom is 0.305 e. The summed E-state index contributed by atoms with van der Waals surface area (Å²) < 4.78 is 35.0. The van der Waals surface area contributed by atoms with Crippen LogP contribution in [0.2, 0.25) is 0 Å². The number of carbonyl (C=O) groups excluding carboxylic acids is 5. The van der Waals surface area contributed by atoms with Gasteiger partial charge in [0.25, 0.3) is 0 Å². The van der Waals surface area contributed by atoms with Crippen molar-refractivity contribution in [3.05, 3.63) is 12.2 Å². The Morgan fingerprint density at radius 1 is 0.480 bits per heavy atom. The zero-order chi connectivity index (χ0) is 54.2. The van der Waals surface area contributed by atoms with Crippen LogP contribution in [0, 0.1) is 0 Å². The fourth-order valence-electron chi connectivity index (χ4n) is 7.03. The summed E-state index contributed by atoms with van der Waals surface area (Å²) in [4.78, 5) is 58.5. The number of hydrogen-bond donors (Lipinski definition) is 7. The van der Waals surface area contributed by atoms with Crippen LogP contribution in [0.3, 0.4) is 0 Å². The molecule has 21 heteroatoms. The quantitative estimate of drug-likeness (QED) is 0.113. The first kappa shape index (κ1) is 69.7. The smallest absolute Gasteiger partial charge is 0.305 e. The van der Waals surface area contributed by atoms with Crippen LogP contribution in [0.1, 0.15) is 167 Å². The lowest BCUT2D eigenvalue weighted by molar-refractivity contribution is -0.138. The highest BCUT2D eigenvalue weighted by atomic mass is 32.2. The third-order valence-electron chi connectivity index (χ3n) is 11.6. The minimum absolute atomic E-state index is 0.0463. The second kappa shape index (κ2) is 54.1. The molecule has 1 amide bonds. The number of hydrogen-bond acceptors (Lipinski definition) is 19. The molecule has 0 unspecified atom stereocenters. The number of amides is 1. The largest absolute Gasteiger partial charge is 0.482 e. The number of sulfone groups is 1. The summed E-state index contributed by atoms with van der Waals surface area (Å²) in [5, 5.41) is 15.1. The van der Waals surface area contributed by atoms with Gasteiger partial charge in [-0.25, -0.2) is 8.42 Å². The molecule has 0 spiro atoms. The van der Waals surface area contributed by atoms with Crippen LogP contribution in [0.5, 0.6) is 0 Å². The van der Waals surface area contributed by atoms with E-state index in [4.69, 9.17) is 4.74 Å². The van der Waals surface area contributed by atoms with Gasteiger partial charge in [0.2, 0.25) is 5.91 Å². The van der Waals surface area contributed by atoms with Crippen molar-refractivity contribution in [3.63, 3.8) is 0 Å². The fourth-order valence-corrected chi connectivity index (χ4v) is 9.25. The molecule has 19 nitrogen and oxygen atoms in total. The van der Waals surface area contributed by atoms with E-state index in [0.29, 0.717) is 41.9 Å². The minimum Gasteiger partial charge on any atom is -0.482 e. The van der Waals surface area contributed by atoms with Crippen molar-refractivity contribution in [2.45, 2.75) is 167 Å². The van der Waals surface area contributed by atoms with Crippen molar-refractivity contribution in [1.29, 1.82) is 0 Å². The summed E-state index contributed by atoms with van der Waals surface area (Å²) in [5.74, 6) is 4.84. The molecule has 75 heavy (non-hydrogen) atoms. The van der Waals surface area contributed by atoms with Gasteiger partial charge in [0, 0.05) is 122 Å². The van der Waals surface area contributed by atoms with Crippen molar-refractivity contribution < 1.29 is 46.6 Å². The first-order valence-corrected chi connectivity index (χ1v) is 31.5. The molecule has 4 saturated carbocycles. The third kappa shape index (κ3) is 56.7. The van der Waals surface area contributed by atoms with Gasteiger partial charge >= 0.3 is 5.97 Å². The molecule has 11 fully saturated rings. The molecule has 434 valence electrons. The van der Waals surface area contributed by atoms with Crippen molar-refractivity contribution in [3.8, 4) is 0 Å². The van der Waals surface area contributed by atoms with E-state index in [1.165, 1.54) is 89.0 Å². The van der Waals surface area contributed by atoms with E-state index in [0.717, 1.165) is 181 Å². The maximum atomic E-state index is 10.4. The monoisotopic (exact) mass is 1100 g/mol. The van der Waals surface area contributed by atoms with Crippen molar-refractivity contribution >= 4 is 63.6 Å². The average Bonchev–Trinajstić information content (AvgIpc) is 4.25. The Bertz CT molecular complexity index is 1310. The van der Waals surface area contributed by atoms with E-state index in [1.807, 2.05) is 11.8 Å². The first-order valence-electron chi connectivity index (χ1n) is 28.6. The normalized spacial score (nSPS) is 22.6. The number of cyclic esters (lactones) is 1. The van der Waals surface area contributed by atoms with Gasteiger partial charge < -0.3 is 40.8 Å². The fraction of sp³-hybridized carbons (Fsp3) is 0.833. The Kier molecular flexibility index (Phi) is 50.2. The zero-order valence-electron chi connectivity index (χ0n) is 45.9. The molecule has 0 radical (unpaired) electrons. The highest BCUT2D eigenvalue weighted by molar-refractivity contribution is 7.99. The number of hydrazine groups is 1. The Morgan fingerprint density at radius 3 is 1.21 bits per heavy atom. The average molecular weight is 1100 g/mol. The van der Waals surface area contributed by atoms with Gasteiger partial charge in [0.05, 0.1) is 37.5 Å². The number of aliphatic imine (C=N–C) groups is 2. The lowest BCUT2D eigenvalue weighted by Crippen LogP contribution is -2.21. The standard InChI is InChI=1S/3C5H8O.C4H7NO.C4H9N.C4H7N.C4H8O2S.C4H6O2.C4H8O.C3H6N2.C3H8N2.C3H5NO.C3H7NS.C3H6/c3*6-5-3-1-2-4-5;6-4-2-1-3-5-4;2*1-2-4-5-3-1;5-7(6)3-1-2-4-7;5-4-2-1-3-6-4;1-2-4-5-3-1;1-2-5-3-4-1;1-2-4-5-3-1;2*1-2-5-3-4-1;1-2-3-1/h3*1-4H2;1-3H2,(H,5,6);5H,1-4H2;1-2,5H,3-4H2;1-4H2;1-3H2;1-4H2;3H,1-2H2,(H,4,5);4-5H,1-3H2;3H,1-2H2;4H,1-3H2;1-3H2. The molecule has 0 aromatic heterocycles. The first-order chi connectivity index (χ1) is 36.7. The van der Waals surface area contributed by atoms with Crippen molar-refractivity contribution in [2.24, 2.45) is 9.98 Å². The predicted octanol–water partition coefficient (Wildman–Crippen LogP) is 5.71. The summed E-state index contributed by atoms with van der Waals surface area (Å²) in [6.45, 7) is 15.3. The molecule has 4 aliphatic carbocycles. The van der Waals surface area contributed by atoms with Crippen LogP contribution < -0.4 is 37.4 Å². The topological polar surface area (TPSA) is 256 Å². The number of nitrogens with one attached hydrogen (secondary N) is 7. The van der Waals surface area contributed by atoms with E-state index < -0.39 is 9.84 Å². The molecular weight excluding hydrogens is 999 g/mol. The Hall–Kier alpha value is -3.31. The van der Waals surface area contributed by atoms with Crippen LogP contribution in [0.4, 0.5) is 0 Å². The second-order valence-corrected chi connectivity index (χ2v) is 22.4. The minimum atomic E-state index is -2.55. The SMILES string of the molecule is C1=CCNC1.C1=NCCN1.C1=NCCO1.C1CC1.C1CCNC1.C1CCOC1.C1CNNC1.C1CSCN1.O=C1CCCC1.O=C1CCCC1.O=C1CCCC1.O=C1CCCN1.O=C1CCCO1.O=S1(=O)CCCC1. The number of rotatable bonds is 0. The summed E-state index contributed by atoms with van der Waals surface area (Å²) in [6.07, 6.45) is 35.6. The van der Waals surface area contributed by atoms with Gasteiger partial charge in [-0.2, -0.15) is 0 Å². The van der Waals surface area contributed by atoms with Crippen LogP contribution in [-0.4, -0.2) is 172 Å². The van der Waals surface area contributed by atoms with E-state index in [2.05, 4.69) is 69.0 Å². The number of carbonyl (C=O) groups is 5. The Labute approximate surface area is 456 Å². The summed E-state index contributed by atoms with van der Waals surface area (Å²) in [5.41, 5.74) is 5.94. The Morgan fingerprint density at radius 2 is 1.07 bits per heavy atom. The van der Waals surface area contributed by atoms with Gasteiger partial charge in [-0.05, 0) is 109 Å². The molecule has 14 rings (SSSR count). The molecule has 7 N–H and O–H groups in total. The van der Waals surface area contributed by atoms with Crippen LogP contribution in [0.25, 0.3) is 0 Å². The molecule has 0 aromatic rings. The highest BCUT2D eigenvalue weighted by Crippen LogP contribution is 2.15. The number of ketones is 3. The summed E-state index contributed by atoms with van der Waals surface area (Å²) in [6, 6.07) is 0. The van der Waals surface area contributed by atoms with Gasteiger partial charge in [0.1, 0.15) is 33.8 Å². The molecule has 10 aliphatic heterocycles. The van der Waals surface area contributed by atoms with Crippen LogP contribution in [-0.2, 0) is 48.0 Å². The number of thioether (sulfide) groups is 1. The molecule has 0 aromatic carbocycles. The van der Waals surface area contributed by atoms with E-state index in [-0.39, 0.29) is 11.9 Å². The lowest BCUT2D eigenvalue weighted by Gasteiger charge is -1.81. The highest BCUT2D eigenvalue weighted by Gasteiger charge is 2.16. The van der Waals surface area contributed by atoms with Gasteiger partial charge in [-0.15, -0.1) is 11.8 Å². The Balaban J connectivity index is 0.000000405. The number of Topliss-reactive ketones (excluding diaryl/α,β-unsaturated/α-hetero) is 3. The number of nitrogens with zero attached hydrogens (tertiary/aromatic N) is 2. The van der Waals surface area contributed by atoms with E-state index >= 15 is 0 Å². The van der Waals surface area contributed by atoms with Gasteiger partial charge in [-0.1, -0.05) is 31.4 Å². The molecule has 14 aliphatic rings. The predicted molar refractivity (Wildman–Crippen MR) is 305 cm³/mol.